The minimum Gasteiger partial charge on any atom is -0.481 e. The maximum atomic E-state index is 13.0. The van der Waals surface area contributed by atoms with Gasteiger partial charge >= 0.3 is 6.18 Å². The highest BCUT2D eigenvalue weighted by molar-refractivity contribution is 9.10. The summed E-state index contributed by atoms with van der Waals surface area (Å²) in [6.07, 6.45) is -5.62. The number of alkyl halides is 3. The monoisotopic (exact) mass is 421 g/mol. The van der Waals surface area contributed by atoms with E-state index in [4.69, 9.17) is 16.3 Å². The summed E-state index contributed by atoms with van der Waals surface area (Å²) >= 11 is 8.87. The fourth-order valence-corrected chi connectivity index (χ4v) is 2.30. The Morgan fingerprint density at radius 3 is 2.42 bits per heavy atom. The van der Waals surface area contributed by atoms with Crippen LogP contribution < -0.4 is 10.1 Å². The van der Waals surface area contributed by atoms with Crippen LogP contribution >= 0.6 is 27.5 Å². The van der Waals surface area contributed by atoms with Gasteiger partial charge in [0.25, 0.3) is 5.91 Å². The second-order valence-electron chi connectivity index (χ2n) is 4.89. The minimum absolute atomic E-state index is 0.0699. The van der Waals surface area contributed by atoms with Gasteiger partial charge in [0.05, 0.1) is 11.3 Å². The van der Waals surface area contributed by atoms with Gasteiger partial charge in [0.15, 0.2) is 6.10 Å². The number of amides is 1. The van der Waals surface area contributed by atoms with Gasteiger partial charge in [-0.05, 0) is 49.4 Å². The third kappa shape index (κ3) is 4.88. The Morgan fingerprint density at radius 2 is 1.83 bits per heavy atom. The molecule has 3 nitrogen and oxygen atoms in total. The normalized spacial score (nSPS) is 12.6. The summed E-state index contributed by atoms with van der Waals surface area (Å²) in [6, 6.07) is 9.86. The molecule has 24 heavy (non-hydrogen) atoms. The van der Waals surface area contributed by atoms with E-state index in [2.05, 4.69) is 21.2 Å². The van der Waals surface area contributed by atoms with Crippen LogP contribution in [0.3, 0.4) is 0 Å². The van der Waals surface area contributed by atoms with E-state index in [0.29, 0.717) is 5.75 Å². The standard InChI is InChI=1S/C16H12BrClF3NO2/c1-9(24-12-5-2-10(17)3-6-12)15(23)22-14-7-4-11(18)8-13(14)16(19,20)21/h2-9H,1H3,(H,22,23)/t9-/m0/s1. The Morgan fingerprint density at radius 1 is 1.21 bits per heavy atom. The van der Waals surface area contributed by atoms with Crippen molar-refractivity contribution in [1.82, 2.24) is 0 Å². The smallest absolute Gasteiger partial charge is 0.418 e. The van der Waals surface area contributed by atoms with Gasteiger partial charge in [-0.1, -0.05) is 27.5 Å². The van der Waals surface area contributed by atoms with Crippen LogP contribution in [0, 0.1) is 0 Å². The number of carbonyl (C=O) groups excluding carboxylic acids is 1. The molecule has 0 aliphatic heterocycles. The highest BCUT2D eigenvalue weighted by Crippen LogP contribution is 2.36. The topological polar surface area (TPSA) is 38.3 Å². The first-order chi connectivity index (χ1) is 11.2. The molecule has 0 saturated heterocycles. The second kappa shape index (κ2) is 7.44. The van der Waals surface area contributed by atoms with Gasteiger partial charge in [0.2, 0.25) is 0 Å². The summed E-state index contributed by atoms with van der Waals surface area (Å²) in [4.78, 5) is 12.1. The number of hydrogen-bond donors (Lipinski definition) is 1. The van der Waals surface area contributed by atoms with E-state index in [0.717, 1.165) is 16.6 Å². The van der Waals surface area contributed by atoms with Crippen LogP contribution in [0.15, 0.2) is 46.9 Å². The average molecular weight is 423 g/mol. The number of anilines is 1. The lowest BCUT2D eigenvalue weighted by Crippen LogP contribution is -2.31. The first-order valence-corrected chi connectivity index (χ1v) is 7.94. The summed E-state index contributed by atoms with van der Waals surface area (Å²) in [6.45, 7) is 1.44. The Balaban J connectivity index is 2.13. The van der Waals surface area contributed by atoms with Crippen LogP contribution in [-0.2, 0) is 11.0 Å². The Kier molecular flexibility index (Phi) is 5.77. The average Bonchev–Trinajstić information content (AvgIpc) is 2.50. The van der Waals surface area contributed by atoms with Crippen LogP contribution in [0.25, 0.3) is 0 Å². The highest BCUT2D eigenvalue weighted by atomic mass is 79.9. The van der Waals surface area contributed by atoms with E-state index < -0.39 is 23.8 Å². The van der Waals surface area contributed by atoms with Gasteiger partial charge in [0.1, 0.15) is 5.75 Å². The SMILES string of the molecule is C[C@H](Oc1ccc(Br)cc1)C(=O)Nc1ccc(Cl)cc1C(F)(F)F. The maximum Gasteiger partial charge on any atom is 0.418 e. The highest BCUT2D eigenvalue weighted by Gasteiger charge is 2.34. The van der Waals surface area contributed by atoms with E-state index in [9.17, 15) is 18.0 Å². The first-order valence-electron chi connectivity index (χ1n) is 6.76. The van der Waals surface area contributed by atoms with Gasteiger partial charge in [-0.2, -0.15) is 13.2 Å². The Bertz CT molecular complexity index is 735. The van der Waals surface area contributed by atoms with Gasteiger partial charge in [-0.25, -0.2) is 0 Å². The summed E-state index contributed by atoms with van der Waals surface area (Å²) in [5, 5.41) is 2.15. The number of benzene rings is 2. The summed E-state index contributed by atoms with van der Waals surface area (Å²) in [5.41, 5.74) is -1.39. The van der Waals surface area contributed by atoms with E-state index >= 15 is 0 Å². The molecule has 128 valence electrons. The molecule has 0 saturated carbocycles. The van der Waals surface area contributed by atoms with Crippen LogP contribution in [0.4, 0.5) is 18.9 Å². The zero-order valence-corrected chi connectivity index (χ0v) is 14.7. The fourth-order valence-electron chi connectivity index (χ4n) is 1.87. The van der Waals surface area contributed by atoms with Crippen molar-refractivity contribution in [3.05, 3.63) is 57.5 Å². The molecule has 2 rings (SSSR count). The van der Waals surface area contributed by atoms with Gasteiger partial charge in [-0.3, -0.25) is 4.79 Å². The molecule has 0 aliphatic carbocycles. The lowest BCUT2D eigenvalue weighted by molar-refractivity contribution is -0.137. The van der Waals surface area contributed by atoms with Gasteiger partial charge in [-0.15, -0.1) is 0 Å². The molecule has 0 aliphatic rings. The van der Waals surface area contributed by atoms with Gasteiger partial charge < -0.3 is 10.1 Å². The van der Waals surface area contributed by atoms with E-state index in [1.165, 1.54) is 13.0 Å². The van der Waals surface area contributed by atoms with E-state index in [1.54, 1.807) is 24.3 Å². The maximum absolute atomic E-state index is 13.0. The predicted molar refractivity (Wildman–Crippen MR) is 89.3 cm³/mol. The van der Waals surface area contributed by atoms with E-state index in [-0.39, 0.29) is 10.7 Å². The lowest BCUT2D eigenvalue weighted by Gasteiger charge is -2.18. The third-order valence-corrected chi connectivity index (χ3v) is 3.80. The molecule has 0 radical (unpaired) electrons. The number of rotatable bonds is 4. The molecular formula is C16H12BrClF3NO2. The molecule has 0 bridgehead atoms. The number of hydrogen-bond acceptors (Lipinski definition) is 2. The first kappa shape index (κ1) is 18.6. The van der Waals surface area contributed by atoms with Crippen molar-refractivity contribution in [2.45, 2.75) is 19.2 Å². The molecule has 1 atom stereocenters. The number of halogens is 5. The molecule has 1 amide bonds. The van der Waals surface area contributed by atoms with Crippen molar-refractivity contribution >= 4 is 39.1 Å². The van der Waals surface area contributed by atoms with Crippen molar-refractivity contribution < 1.29 is 22.7 Å². The molecule has 0 aromatic heterocycles. The Labute approximate surface area is 149 Å². The van der Waals surface area contributed by atoms with Crippen molar-refractivity contribution in [2.24, 2.45) is 0 Å². The van der Waals surface area contributed by atoms with E-state index in [1.807, 2.05) is 0 Å². The molecule has 0 heterocycles. The van der Waals surface area contributed by atoms with Crippen molar-refractivity contribution in [3.8, 4) is 5.75 Å². The molecule has 8 heteroatoms. The van der Waals surface area contributed by atoms with Crippen molar-refractivity contribution in [2.75, 3.05) is 5.32 Å². The Hall–Kier alpha value is -1.73. The summed E-state index contributed by atoms with van der Waals surface area (Å²) in [7, 11) is 0. The molecule has 1 N–H and O–H groups in total. The number of carbonyl (C=O) groups is 1. The summed E-state index contributed by atoms with van der Waals surface area (Å²) < 4.78 is 45.3. The minimum atomic E-state index is -4.64. The van der Waals surface area contributed by atoms with Gasteiger partial charge in [0, 0.05) is 9.50 Å². The summed E-state index contributed by atoms with van der Waals surface area (Å²) in [5.74, 6) is -0.279. The largest absolute Gasteiger partial charge is 0.481 e. The quantitative estimate of drug-likeness (QED) is 0.704. The molecular weight excluding hydrogens is 411 g/mol. The van der Waals surface area contributed by atoms with Crippen LogP contribution in [0.1, 0.15) is 12.5 Å². The fraction of sp³-hybridized carbons (Fsp3) is 0.188. The number of ether oxygens (including phenoxy) is 1. The zero-order valence-electron chi connectivity index (χ0n) is 12.3. The third-order valence-electron chi connectivity index (χ3n) is 3.04. The van der Waals surface area contributed by atoms with Crippen LogP contribution in [-0.4, -0.2) is 12.0 Å². The second-order valence-corrected chi connectivity index (χ2v) is 6.24. The number of nitrogens with one attached hydrogen (secondary N) is 1. The predicted octanol–water partition coefficient (Wildman–Crippen LogP) is 5.53. The molecule has 0 spiro atoms. The van der Waals surface area contributed by atoms with Crippen molar-refractivity contribution in [1.29, 1.82) is 0 Å². The lowest BCUT2D eigenvalue weighted by atomic mass is 10.1. The molecule has 2 aromatic carbocycles. The molecule has 0 unspecified atom stereocenters. The van der Waals surface area contributed by atoms with Crippen LogP contribution in [0.2, 0.25) is 5.02 Å². The van der Waals surface area contributed by atoms with Crippen molar-refractivity contribution in [3.63, 3.8) is 0 Å². The molecule has 0 fully saturated rings. The van der Waals surface area contributed by atoms with Crippen LogP contribution in [0.5, 0.6) is 5.75 Å². The zero-order chi connectivity index (χ0) is 17.9. The molecule has 2 aromatic rings.